The number of carbonyl (C=O) groups is 1. The number of hydrogen-bond donors (Lipinski definition) is 1. The van der Waals surface area contributed by atoms with Gasteiger partial charge in [0.25, 0.3) is 0 Å². The number of nitrogens with zero attached hydrogens (tertiary/aromatic N) is 1. The Hall–Kier alpha value is -2.13. The lowest BCUT2D eigenvalue weighted by molar-refractivity contribution is -0.127. The van der Waals surface area contributed by atoms with Gasteiger partial charge in [-0.2, -0.15) is 0 Å². The van der Waals surface area contributed by atoms with Crippen LogP contribution in [0.3, 0.4) is 0 Å². The van der Waals surface area contributed by atoms with Crippen molar-refractivity contribution in [1.29, 1.82) is 0 Å². The van der Waals surface area contributed by atoms with Gasteiger partial charge >= 0.3 is 0 Å². The van der Waals surface area contributed by atoms with E-state index in [0.29, 0.717) is 0 Å². The molecule has 0 bridgehead atoms. The first kappa shape index (κ1) is 15.8. The van der Waals surface area contributed by atoms with E-state index in [0.717, 1.165) is 37.1 Å². The normalized spacial score (nSPS) is 18.8. The lowest BCUT2D eigenvalue weighted by Gasteiger charge is -2.30. The molecule has 1 aliphatic rings. The molecule has 2 aromatic carbocycles. The summed E-state index contributed by atoms with van der Waals surface area (Å²) in [6, 6.07) is 20.3. The number of amides is 1. The molecule has 1 amide bonds. The molecule has 1 aliphatic heterocycles. The van der Waals surface area contributed by atoms with E-state index in [4.69, 9.17) is 0 Å². The molecule has 1 atom stereocenters. The predicted octanol–water partition coefficient (Wildman–Crippen LogP) is 3.23. The Morgan fingerprint density at radius 3 is 2.13 bits per heavy atom. The lowest BCUT2D eigenvalue weighted by Crippen LogP contribution is -2.42. The zero-order chi connectivity index (χ0) is 16.1. The van der Waals surface area contributed by atoms with E-state index >= 15 is 0 Å². The number of benzene rings is 2. The first-order valence-corrected chi connectivity index (χ1v) is 8.33. The van der Waals surface area contributed by atoms with Gasteiger partial charge in [-0.3, -0.25) is 4.79 Å². The summed E-state index contributed by atoms with van der Waals surface area (Å²) in [6.45, 7) is 1.94. The van der Waals surface area contributed by atoms with E-state index < -0.39 is 0 Å². The minimum Gasteiger partial charge on any atom is -0.345 e. The van der Waals surface area contributed by atoms with E-state index in [2.05, 4.69) is 41.5 Å². The van der Waals surface area contributed by atoms with Crippen LogP contribution < -0.4 is 5.32 Å². The highest BCUT2D eigenvalue weighted by Crippen LogP contribution is 2.23. The van der Waals surface area contributed by atoms with Crippen LogP contribution in [0.25, 0.3) is 0 Å². The zero-order valence-corrected chi connectivity index (χ0v) is 13.6. The third-order valence-corrected chi connectivity index (χ3v) is 4.55. The van der Waals surface area contributed by atoms with Gasteiger partial charge < -0.3 is 10.2 Å². The van der Waals surface area contributed by atoms with Crippen molar-refractivity contribution < 1.29 is 4.79 Å². The van der Waals surface area contributed by atoms with Crippen molar-refractivity contribution >= 4 is 5.91 Å². The molecule has 23 heavy (non-hydrogen) atoms. The molecular formula is C20H24N2O. The molecule has 3 heteroatoms. The number of rotatable bonds is 4. The van der Waals surface area contributed by atoms with Crippen molar-refractivity contribution in [1.82, 2.24) is 10.2 Å². The average molecular weight is 308 g/mol. The van der Waals surface area contributed by atoms with Crippen LogP contribution in [-0.2, 0) is 4.79 Å². The Morgan fingerprint density at radius 1 is 1.04 bits per heavy atom. The van der Waals surface area contributed by atoms with E-state index in [-0.39, 0.29) is 17.9 Å². The summed E-state index contributed by atoms with van der Waals surface area (Å²) in [6.07, 6.45) is 2.07. The van der Waals surface area contributed by atoms with Crippen LogP contribution in [0.2, 0.25) is 0 Å². The first-order chi connectivity index (χ1) is 11.2. The highest BCUT2D eigenvalue weighted by molar-refractivity contribution is 5.80. The van der Waals surface area contributed by atoms with Crippen molar-refractivity contribution in [2.45, 2.75) is 18.9 Å². The average Bonchev–Trinajstić information content (AvgIpc) is 2.61. The van der Waals surface area contributed by atoms with Crippen LogP contribution in [0.4, 0.5) is 0 Å². The maximum absolute atomic E-state index is 12.8. The highest BCUT2D eigenvalue weighted by atomic mass is 16.2. The number of nitrogens with one attached hydrogen (secondary N) is 1. The molecule has 1 saturated heterocycles. The highest BCUT2D eigenvalue weighted by Gasteiger charge is 2.26. The summed E-state index contributed by atoms with van der Waals surface area (Å²) in [5, 5.41) is 3.27. The number of carbonyl (C=O) groups excluding carboxylic acids is 1. The third-order valence-electron chi connectivity index (χ3n) is 4.55. The molecule has 0 saturated carbocycles. The second-order valence-electron chi connectivity index (χ2n) is 6.36. The van der Waals surface area contributed by atoms with Crippen LogP contribution >= 0.6 is 0 Å². The minimum absolute atomic E-state index is 0.0860. The van der Waals surface area contributed by atoms with Gasteiger partial charge in [0.05, 0.1) is 12.0 Å². The summed E-state index contributed by atoms with van der Waals surface area (Å²) < 4.78 is 0. The summed E-state index contributed by atoms with van der Waals surface area (Å²) >= 11 is 0. The second-order valence-corrected chi connectivity index (χ2v) is 6.36. The van der Waals surface area contributed by atoms with E-state index in [1.165, 1.54) is 0 Å². The molecule has 2 aromatic rings. The Bertz CT molecular complexity index is 587. The van der Waals surface area contributed by atoms with Gasteiger partial charge in [-0.05, 0) is 37.6 Å². The largest absolute Gasteiger partial charge is 0.345 e. The molecule has 1 fully saturated rings. The van der Waals surface area contributed by atoms with Gasteiger partial charge in [0.2, 0.25) is 5.91 Å². The van der Waals surface area contributed by atoms with Crippen LogP contribution in [0.1, 0.15) is 30.0 Å². The summed E-state index contributed by atoms with van der Waals surface area (Å²) in [5.41, 5.74) is 2.24. The smallest absolute Gasteiger partial charge is 0.225 e. The van der Waals surface area contributed by atoms with Gasteiger partial charge in [-0.15, -0.1) is 0 Å². The maximum Gasteiger partial charge on any atom is 0.225 e. The van der Waals surface area contributed by atoms with Crippen molar-refractivity contribution in [3.05, 3.63) is 71.8 Å². The Morgan fingerprint density at radius 2 is 1.61 bits per heavy atom. The minimum atomic E-state index is -0.0860. The lowest BCUT2D eigenvalue weighted by atomic mass is 9.94. The first-order valence-electron chi connectivity index (χ1n) is 8.33. The molecule has 0 radical (unpaired) electrons. The molecule has 0 aliphatic carbocycles. The molecule has 1 unspecified atom stereocenters. The van der Waals surface area contributed by atoms with Crippen molar-refractivity contribution in [3.63, 3.8) is 0 Å². The molecule has 0 spiro atoms. The number of piperidine rings is 1. The van der Waals surface area contributed by atoms with Gasteiger partial charge in [-0.1, -0.05) is 60.7 Å². The summed E-state index contributed by atoms with van der Waals surface area (Å²) in [4.78, 5) is 15.0. The van der Waals surface area contributed by atoms with Gasteiger partial charge in [0.15, 0.2) is 0 Å². The van der Waals surface area contributed by atoms with Crippen molar-refractivity contribution in [3.8, 4) is 0 Å². The fourth-order valence-electron chi connectivity index (χ4n) is 3.29. The fourth-order valence-corrected chi connectivity index (χ4v) is 3.29. The molecule has 1 N–H and O–H groups in total. The van der Waals surface area contributed by atoms with Crippen LogP contribution in [-0.4, -0.2) is 30.9 Å². The van der Waals surface area contributed by atoms with E-state index in [9.17, 15) is 4.79 Å². The number of hydrogen-bond acceptors (Lipinski definition) is 2. The van der Waals surface area contributed by atoms with Gasteiger partial charge in [-0.25, -0.2) is 0 Å². The summed E-state index contributed by atoms with van der Waals surface area (Å²) in [7, 11) is 2.09. The van der Waals surface area contributed by atoms with E-state index in [1.807, 2.05) is 36.4 Å². The maximum atomic E-state index is 12.8. The molecular weight excluding hydrogens is 284 g/mol. The summed E-state index contributed by atoms with van der Waals surface area (Å²) in [5.74, 6) is 0.248. The SMILES string of the molecule is CN1CCCC(C(=O)NC(c2ccccc2)c2ccccc2)C1. The quantitative estimate of drug-likeness (QED) is 0.940. The van der Waals surface area contributed by atoms with Crippen LogP contribution in [0, 0.1) is 5.92 Å². The Balaban J connectivity index is 1.80. The monoisotopic (exact) mass is 308 g/mol. The van der Waals surface area contributed by atoms with E-state index in [1.54, 1.807) is 0 Å². The van der Waals surface area contributed by atoms with Gasteiger partial charge in [0, 0.05) is 6.54 Å². The molecule has 3 rings (SSSR count). The molecule has 1 heterocycles. The Labute approximate surface area is 138 Å². The van der Waals surface area contributed by atoms with Crippen LogP contribution in [0.5, 0.6) is 0 Å². The predicted molar refractivity (Wildman–Crippen MR) is 93.1 cm³/mol. The van der Waals surface area contributed by atoms with Crippen molar-refractivity contribution in [2.24, 2.45) is 5.92 Å². The zero-order valence-electron chi connectivity index (χ0n) is 13.6. The molecule has 0 aromatic heterocycles. The standard InChI is InChI=1S/C20H24N2O/c1-22-14-8-13-18(15-22)20(23)21-19(16-9-4-2-5-10-16)17-11-6-3-7-12-17/h2-7,9-12,18-19H,8,13-15H2,1H3,(H,21,23). The molecule has 3 nitrogen and oxygen atoms in total. The fraction of sp³-hybridized carbons (Fsp3) is 0.350. The van der Waals surface area contributed by atoms with Gasteiger partial charge in [0.1, 0.15) is 0 Å². The number of likely N-dealkylation sites (tertiary alicyclic amines) is 1. The third kappa shape index (κ3) is 3.99. The topological polar surface area (TPSA) is 32.3 Å². The van der Waals surface area contributed by atoms with Crippen molar-refractivity contribution in [2.75, 3.05) is 20.1 Å². The molecule has 120 valence electrons. The second kappa shape index (κ2) is 7.42. The Kier molecular flexibility index (Phi) is 5.09. The van der Waals surface area contributed by atoms with Crippen LogP contribution in [0.15, 0.2) is 60.7 Å².